The van der Waals surface area contributed by atoms with Crippen LogP contribution in [0, 0.1) is 0 Å². The van der Waals surface area contributed by atoms with Crippen molar-refractivity contribution in [3.8, 4) is 17.1 Å². The summed E-state index contributed by atoms with van der Waals surface area (Å²) in [5.74, 6) is 0. The first kappa shape index (κ1) is 24.3. The van der Waals surface area contributed by atoms with Crippen LogP contribution in [0.2, 0.25) is 0 Å². The first-order chi connectivity index (χ1) is 22.3. The summed E-state index contributed by atoms with van der Waals surface area (Å²) in [4.78, 5) is 4.54. The third-order valence-electron chi connectivity index (χ3n) is 9.34. The Hall–Kier alpha value is -6.13. The van der Waals surface area contributed by atoms with Crippen LogP contribution in [-0.2, 0) is 0 Å². The average Bonchev–Trinajstić information content (AvgIpc) is 3.74. The van der Waals surface area contributed by atoms with E-state index < -0.39 is 0 Å². The van der Waals surface area contributed by atoms with Crippen molar-refractivity contribution in [3.63, 3.8) is 0 Å². The normalized spacial score (nSPS) is 12.0. The fraction of sp³-hybridized carbons (Fsp3) is 0. The molecule has 10 rings (SSSR count). The second-order valence-electron chi connectivity index (χ2n) is 11.7. The molecule has 0 saturated heterocycles. The molecule has 10 aromatic rings. The maximum Gasteiger partial charge on any atom is 0.0724 e. The Balaban J connectivity index is 1.17. The van der Waals surface area contributed by atoms with Crippen LogP contribution < -0.4 is 0 Å². The summed E-state index contributed by atoms with van der Waals surface area (Å²) in [6, 6.07) is 52.5. The molecule has 45 heavy (non-hydrogen) atoms. The van der Waals surface area contributed by atoms with Gasteiger partial charge in [-0.05, 0) is 72.8 Å². The van der Waals surface area contributed by atoms with Gasteiger partial charge in [0.05, 0.1) is 39.3 Å². The Morgan fingerprint density at radius 3 is 1.20 bits per heavy atom. The van der Waals surface area contributed by atoms with Gasteiger partial charge < -0.3 is 13.7 Å². The van der Waals surface area contributed by atoms with Crippen LogP contribution in [-0.4, -0.2) is 18.7 Å². The van der Waals surface area contributed by atoms with E-state index in [4.69, 9.17) is 0 Å². The lowest BCUT2D eigenvalue weighted by atomic mass is 10.1. The Morgan fingerprint density at radius 1 is 0.311 bits per heavy atom. The van der Waals surface area contributed by atoms with Gasteiger partial charge in [-0.25, -0.2) is 0 Å². The molecule has 0 bridgehead atoms. The standard InChI is InChI=1S/C41H26N4/c1-5-13-36-30(9-1)31-10-2-6-14-37(31)43(36)27-17-19-28(20-18-27)44-40-22-21-29(25-35(40)34-23-24-42-26-41(34)44)45-38-15-7-3-11-32(38)33-12-4-8-16-39(33)45/h1-26H. The molecule has 4 aromatic heterocycles. The second-order valence-corrected chi connectivity index (χ2v) is 11.7. The van der Waals surface area contributed by atoms with Crippen LogP contribution in [0.15, 0.2) is 158 Å². The third-order valence-corrected chi connectivity index (χ3v) is 9.34. The second kappa shape index (κ2) is 9.18. The number of fused-ring (bicyclic) bond motifs is 9. The predicted octanol–water partition coefficient (Wildman–Crippen LogP) is 10.4. The molecule has 4 heterocycles. The SMILES string of the molecule is c1ccc2c(c1)c1ccccc1n2-c1ccc(-n2c3ccc(-n4c5ccccc5c5ccccc54)cc3c3ccncc32)cc1. The highest BCUT2D eigenvalue weighted by Crippen LogP contribution is 2.37. The Labute approximate surface area is 258 Å². The van der Waals surface area contributed by atoms with E-state index in [1.165, 1.54) is 54.4 Å². The van der Waals surface area contributed by atoms with Gasteiger partial charge in [-0.3, -0.25) is 4.98 Å². The van der Waals surface area contributed by atoms with Crippen LogP contribution in [0.4, 0.5) is 0 Å². The van der Waals surface area contributed by atoms with Gasteiger partial charge in [0, 0.05) is 55.6 Å². The molecule has 0 atom stereocenters. The minimum atomic E-state index is 1.09. The van der Waals surface area contributed by atoms with Gasteiger partial charge in [0.1, 0.15) is 0 Å². The van der Waals surface area contributed by atoms with Crippen molar-refractivity contribution in [2.24, 2.45) is 0 Å². The van der Waals surface area contributed by atoms with Gasteiger partial charge in [0.15, 0.2) is 0 Å². The van der Waals surface area contributed by atoms with Gasteiger partial charge in [0.25, 0.3) is 0 Å². The quantitative estimate of drug-likeness (QED) is 0.206. The maximum absolute atomic E-state index is 4.54. The predicted molar refractivity (Wildman–Crippen MR) is 187 cm³/mol. The van der Waals surface area contributed by atoms with Crippen molar-refractivity contribution in [1.29, 1.82) is 0 Å². The topological polar surface area (TPSA) is 27.7 Å². The Bertz CT molecular complexity index is 2650. The van der Waals surface area contributed by atoms with Gasteiger partial charge in [-0.1, -0.05) is 72.8 Å². The number of nitrogens with zero attached hydrogens (tertiary/aromatic N) is 4. The zero-order valence-corrected chi connectivity index (χ0v) is 24.3. The molecule has 0 aliphatic rings. The van der Waals surface area contributed by atoms with Crippen molar-refractivity contribution in [2.45, 2.75) is 0 Å². The van der Waals surface area contributed by atoms with E-state index in [0.717, 1.165) is 28.1 Å². The minimum absolute atomic E-state index is 1.09. The van der Waals surface area contributed by atoms with E-state index in [1.807, 2.05) is 12.4 Å². The summed E-state index contributed by atoms with van der Waals surface area (Å²) in [5.41, 5.74) is 10.5. The largest absolute Gasteiger partial charge is 0.309 e. The first-order valence-electron chi connectivity index (χ1n) is 15.3. The summed E-state index contributed by atoms with van der Waals surface area (Å²) in [6.07, 6.45) is 3.88. The molecule has 0 unspecified atom stereocenters. The highest BCUT2D eigenvalue weighted by molar-refractivity contribution is 6.12. The van der Waals surface area contributed by atoms with Crippen LogP contribution in [0.3, 0.4) is 0 Å². The third kappa shape index (κ3) is 3.39. The fourth-order valence-corrected chi connectivity index (χ4v) is 7.43. The summed E-state index contributed by atoms with van der Waals surface area (Å²) in [5, 5.41) is 7.47. The lowest BCUT2D eigenvalue weighted by Gasteiger charge is -2.12. The lowest BCUT2D eigenvalue weighted by Crippen LogP contribution is -1.98. The highest BCUT2D eigenvalue weighted by Gasteiger charge is 2.17. The van der Waals surface area contributed by atoms with Gasteiger partial charge in [0.2, 0.25) is 0 Å². The molecule has 0 amide bonds. The zero-order valence-electron chi connectivity index (χ0n) is 24.3. The molecule has 6 aromatic carbocycles. The van der Waals surface area contributed by atoms with E-state index in [9.17, 15) is 0 Å². The number of rotatable bonds is 3. The molecular formula is C41H26N4. The highest BCUT2D eigenvalue weighted by atomic mass is 15.0. The summed E-state index contributed by atoms with van der Waals surface area (Å²) in [6.45, 7) is 0. The zero-order chi connectivity index (χ0) is 29.5. The Kier molecular flexibility index (Phi) is 4.96. The molecule has 0 fully saturated rings. The number of aromatic nitrogens is 4. The van der Waals surface area contributed by atoms with Crippen molar-refractivity contribution in [3.05, 3.63) is 158 Å². The van der Waals surface area contributed by atoms with E-state index in [2.05, 4.69) is 164 Å². The molecule has 210 valence electrons. The van der Waals surface area contributed by atoms with Crippen LogP contribution in [0.1, 0.15) is 0 Å². The van der Waals surface area contributed by atoms with Gasteiger partial charge >= 0.3 is 0 Å². The monoisotopic (exact) mass is 574 g/mol. The maximum atomic E-state index is 4.54. The summed E-state index contributed by atoms with van der Waals surface area (Å²) < 4.78 is 7.08. The smallest absolute Gasteiger partial charge is 0.0724 e. The molecule has 4 nitrogen and oxygen atoms in total. The molecule has 0 N–H and O–H groups in total. The Morgan fingerprint density at radius 2 is 0.689 bits per heavy atom. The van der Waals surface area contributed by atoms with Gasteiger partial charge in [-0.15, -0.1) is 0 Å². The number of pyridine rings is 1. The van der Waals surface area contributed by atoms with E-state index in [1.54, 1.807) is 0 Å². The van der Waals surface area contributed by atoms with Crippen LogP contribution in [0.25, 0.3) is 82.5 Å². The van der Waals surface area contributed by atoms with Crippen molar-refractivity contribution >= 4 is 65.4 Å². The summed E-state index contributed by atoms with van der Waals surface area (Å²) in [7, 11) is 0. The number of para-hydroxylation sites is 4. The van der Waals surface area contributed by atoms with Crippen LogP contribution in [0.5, 0.6) is 0 Å². The van der Waals surface area contributed by atoms with E-state index >= 15 is 0 Å². The fourth-order valence-electron chi connectivity index (χ4n) is 7.43. The number of benzene rings is 6. The van der Waals surface area contributed by atoms with E-state index in [0.29, 0.717) is 0 Å². The molecular weight excluding hydrogens is 548 g/mol. The van der Waals surface area contributed by atoms with Crippen molar-refractivity contribution in [1.82, 2.24) is 18.7 Å². The average molecular weight is 575 g/mol. The lowest BCUT2D eigenvalue weighted by molar-refractivity contribution is 1.14. The number of hydrogen-bond donors (Lipinski definition) is 0. The molecule has 0 spiro atoms. The summed E-state index contributed by atoms with van der Waals surface area (Å²) >= 11 is 0. The molecule has 0 aliphatic heterocycles. The molecule has 0 radical (unpaired) electrons. The van der Waals surface area contributed by atoms with Crippen LogP contribution >= 0.6 is 0 Å². The number of hydrogen-bond acceptors (Lipinski definition) is 1. The molecule has 4 heteroatoms. The van der Waals surface area contributed by atoms with Gasteiger partial charge in [-0.2, -0.15) is 0 Å². The van der Waals surface area contributed by atoms with Crippen molar-refractivity contribution in [2.75, 3.05) is 0 Å². The first-order valence-corrected chi connectivity index (χ1v) is 15.3. The molecule has 0 saturated carbocycles. The van der Waals surface area contributed by atoms with Crippen molar-refractivity contribution < 1.29 is 0 Å². The van der Waals surface area contributed by atoms with E-state index in [-0.39, 0.29) is 0 Å². The minimum Gasteiger partial charge on any atom is -0.309 e. The molecule has 0 aliphatic carbocycles.